The summed E-state index contributed by atoms with van der Waals surface area (Å²) in [5.74, 6) is -0.979. The van der Waals surface area contributed by atoms with Gasteiger partial charge in [0.05, 0.1) is 25.2 Å². The minimum Gasteiger partial charge on any atom is -0.481 e. The first-order valence-electron chi connectivity index (χ1n) is 7.84. The number of benzene rings is 1. The molecule has 1 aliphatic heterocycles. The van der Waals surface area contributed by atoms with Crippen LogP contribution in [-0.4, -0.2) is 35.9 Å². The number of rotatable bonds is 7. The number of carboxylic acids is 1. The van der Waals surface area contributed by atoms with Gasteiger partial charge in [0, 0.05) is 5.92 Å². The van der Waals surface area contributed by atoms with Crippen molar-refractivity contribution in [3.05, 3.63) is 35.9 Å². The lowest BCUT2D eigenvalue weighted by Crippen LogP contribution is -2.55. The van der Waals surface area contributed by atoms with E-state index >= 15 is 0 Å². The predicted octanol–water partition coefficient (Wildman–Crippen LogP) is 2.57. The zero-order chi connectivity index (χ0) is 16.7. The molecule has 0 bridgehead atoms. The van der Waals surface area contributed by atoms with E-state index < -0.39 is 17.6 Å². The molecule has 1 aromatic carbocycles. The summed E-state index contributed by atoms with van der Waals surface area (Å²) in [6.07, 6.45) is 0.919. The number of ether oxygens (including phenoxy) is 2. The highest BCUT2D eigenvalue weighted by atomic mass is 16.5. The van der Waals surface area contributed by atoms with Gasteiger partial charge in [0.2, 0.25) is 0 Å². The second-order valence-corrected chi connectivity index (χ2v) is 5.91. The van der Waals surface area contributed by atoms with Gasteiger partial charge < -0.3 is 19.9 Å². The minimum absolute atomic E-state index is 0.0205. The normalized spacial score (nSPS) is 23.4. The summed E-state index contributed by atoms with van der Waals surface area (Å²) in [7, 11) is 0. The maximum atomic E-state index is 12.1. The third kappa shape index (κ3) is 4.69. The third-order valence-corrected chi connectivity index (χ3v) is 4.13. The lowest BCUT2D eigenvalue weighted by atomic mass is 9.81. The Morgan fingerprint density at radius 3 is 2.78 bits per heavy atom. The molecule has 2 N–H and O–H groups in total. The Bertz CT molecular complexity index is 533. The topological polar surface area (TPSA) is 84.9 Å². The van der Waals surface area contributed by atoms with Gasteiger partial charge in [0.15, 0.2) is 0 Å². The molecule has 126 valence electrons. The summed E-state index contributed by atoms with van der Waals surface area (Å²) in [5.41, 5.74) is -0.0157. The van der Waals surface area contributed by atoms with Crippen molar-refractivity contribution in [1.82, 2.24) is 5.32 Å². The van der Waals surface area contributed by atoms with Crippen LogP contribution in [0.4, 0.5) is 4.79 Å². The van der Waals surface area contributed by atoms with Crippen LogP contribution in [-0.2, 0) is 20.9 Å². The van der Waals surface area contributed by atoms with Crippen LogP contribution in [0.2, 0.25) is 0 Å². The van der Waals surface area contributed by atoms with Crippen LogP contribution >= 0.6 is 0 Å². The molecule has 0 saturated carbocycles. The van der Waals surface area contributed by atoms with Crippen molar-refractivity contribution in [2.24, 2.45) is 5.92 Å². The molecule has 0 spiro atoms. The van der Waals surface area contributed by atoms with Crippen LogP contribution in [0.3, 0.4) is 0 Å². The smallest absolute Gasteiger partial charge is 0.408 e. The summed E-state index contributed by atoms with van der Waals surface area (Å²) < 4.78 is 10.7. The van der Waals surface area contributed by atoms with Crippen molar-refractivity contribution in [2.45, 2.75) is 38.3 Å². The molecule has 2 rings (SSSR count). The Morgan fingerprint density at radius 1 is 1.39 bits per heavy atom. The number of nitrogens with one attached hydrogen (secondary N) is 1. The van der Waals surface area contributed by atoms with Crippen LogP contribution < -0.4 is 5.32 Å². The number of amides is 1. The molecular formula is C17H23NO5. The van der Waals surface area contributed by atoms with Crippen LogP contribution in [0.25, 0.3) is 0 Å². The highest BCUT2D eigenvalue weighted by Crippen LogP contribution is 2.32. The van der Waals surface area contributed by atoms with E-state index in [2.05, 4.69) is 5.32 Å². The molecule has 1 aromatic rings. The highest BCUT2D eigenvalue weighted by Gasteiger charge is 2.46. The van der Waals surface area contributed by atoms with Crippen LogP contribution in [0.1, 0.15) is 31.7 Å². The first-order valence-corrected chi connectivity index (χ1v) is 7.84. The molecule has 1 saturated heterocycles. The quantitative estimate of drug-likeness (QED) is 0.806. The maximum Gasteiger partial charge on any atom is 0.408 e. The van der Waals surface area contributed by atoms with Gasteiger partial charge >= 0.3 is 12.1 Å². The second-order valence-electron chi connectivity index (χ2n) is 5.91. The van der Waals surface area contributed by atoms with E-state index in [1.807, 2.05) is 37.3 Å². The van der Waals surface area contributed by atoms with E-state index in [0.29, 0.717) is 6.61 Å². The molecule has 6 heteroatoms. The van der Waals surface area contributed by atoms with Crippen molar-refractivity contribution >= 4 is 12.1 Å². The molecule has 0 aromatic heterocycles. The van der Waals surface area contributed by atoms with Gasteiger partial charge in [-0.3, -0.25) is 4.79 Å². The fraction of sp³-hybridized carbons (Fsp3) is 0.529. The number of aliphatic carboxylic acids is 1. The van der Waals surface area contributed by atoms with E-state index in [1.54, 1.807) is 0 Å². The van der Waals surface area contributed by atoms with Crippen molar-refractivity contribution in [3.63, 3.8) is 0 Å². The number of carbonyl (C=O) groups is 2. The van der Waals surface area contributed by atoms with Gasteiger partial charge in [-0.1, -0.05) is 43.7 Å². The molecular weight excluding hydrogens is 298 g/mol. The van der Waals surface area contributed by atoms with Crippen molar-refractivity contribution in [1.29, 1.82) is 0 Å². The van der Waals surface area contributed by atoms with Crippen molar-refractivity contribution < 1.29 is 24.2 Å². The van der Waals surface area contributed by atoms with E-state index in [0.717, 1.165) is 18.4 Å². The van der Waals surface area contributed by atoms with E-state index in [1.165, 1.54) is 0 Å². The SMILES string of the molecule is CCCC1COCC1(CC(=O)O)NC(=O)OCc1ccccc1. The monoisotopic (exact) mass is 321 g/mol. The Hall–Kier alpha value is -2.08. The lowest BCUT2D eigenvalue weighted by molar-refractivity contribution is -0.139. The zero-order valence-corrected chi connectivity index (χ0v) is 13.3. The molecule has 1 aliphatic rings. The molecule has 23 heavy (non-hydrogen) atoms. The first-order chi connectivity index (χ1) is 11.1. The number of alkyl carbamates (subject to hydrolysis) is 1. The largest absolute Gasteiger partial charge is 0.481 e. The molecule has 1 fully saturated rings. The number of carboxylic acid groups (broad SMARTS) is 1. The number of carbonyl (C=O) groups excluding carboxylic acids is 1. The van der Waals surface area contributed by atoms with Crippen LogP contribution in [0.15, 0.2) is 30.3 Å². The van der Waals surface area contributed by atoms with Gasteiger partial charge in [-0.15, -0.1) is 0 Å². The highest BCUT2D eigenvalue weighted by molar-refractivity contribution is 5.73. The first kappa shape index (κ1) is 17.3. The minimum atomic E-state index is -0.958. The average molecular weight is 321 g/mol. The van der Waals surface area contributed by atoms with Gasteiger partial charge in [-0.25, -0.2) is 4.79 Å². The Labute approximate surface area is 135 Å². The summed E-state index contributed by atoms with van der Waals surface area (Å²) in [6.45, 7) is 2.83. The van der Waals surface area contributed by atoms with Crippen LogP contribution in [0.5, 0.6) is 0 Å². The predicted molar refractivity (Wildman–Crippen MR) is 84.0 cm³/mol. The summed E-state index contributed by atoms with van der Waals surface area (Å²) in [6, 6.07) is 9.34. The number of hydrogen-bond acceptors (Lipinski definition) is 4. The molecule has 0 radical (unpaired) electrons. The molecule has 6 nitrogen and oxygen atoms in total. The summed E-state index contributed by atoms with van der Waals surface area (Å²) in [4.78, 5) is 23.4. The van der Waals surface area contributed by atoms with E-state index in [-0.39, 0.29) is 25.6 Å². The maximum absolute atomic E-state index is 12.1. The van der Waals surface area contributed by atoms with E-state index in [9.17, 15) is 14.7 Å². The molecule has 0 aliphatic carbocycles. The van der Waals surface area contributed by atoms with Crippen molar-refractivity contribution in [3.8, 4) is 0 Å². The van der Waals surface area contributed by atoms with E-state index in [4.69, 9.17) is 9.47 Å². The summed E-state index contributed by atoms with van der Waals surface area (Å²) >= 11 is 0. The fourth-order valence-corrected chi connectivity index (χ4v) is 2.98. The van der Waals surface area contributed by atoms with Crippen molar-refractivity contribution in [2.75, 3.05) is 13.2 Å². The Morgan fingerprint density at radius 2 is 2.13 bits per heavy atom. The molecule has 1 amide bonds. The standard InChI is InChI=1S/C17H23NO5/c1-2-6-14-11-22-12-17(14,9-15(19)20)18-16(21)23-10-13-7-4-3-5-8-13/h3-5,7-8,14H,2,6,9-12H2,1H3,(H,18,21)(H,19,20). The molecule has 2 unspecified atom stereocenters. The lowest BCUT2D eigenvalue weighted by Gasteiger charge is -2.32. The fourth-order valence-electron chi connectivity index (χ4n) is 2.98. The van der Waals surface area contributed by atoms with Gasteiger partial charge in [-0.2, -0.15) is 0 Å². The average Bonchev–Trinajstić information content (AvgIpc) is 2.88. The second kappa shape index (κ2) is 7.97. The van der Waals surface area contributed by atoms with Gasteiger partial charge in [0.1, 0.15) is 6.61 Å². The molecule has 1 heterocycles. The van der Waals surface area contributed by atoms with Gasteiger partial charge in [0.25, 0.3) is 0 Å². The summed E-state index contributed by atoms with van der Waals surface area (Å²) in [5, 5.41) is 12.0. The van der Waals surface area contributed by atoms with Gasteiger partial charge in [-0.05, 0) is 12.0 Å². The van der Waals surface area contributed by atoms with Crippen LogP contribution in [0, 0.1) is 5.92 Å². The Kier molecular flexibility index (Phi) is 5.98. The number of hydrogen-bond donors (Lipinski definition) is 2. The molecule has 2 atom stereocenters. The zero-order valence-electron chi connectivity index (χ0n) is 13.3. The Balaban J connectivity index is 1.99. The third-order valence-electron chi connectivity index (χ3n) is 4.13.